The van der Waals surface area contributed by atoms with Gasteiger partial charge in [-0.05, 0) is 32.8 Å². The van der Waals surface area contributed by atoms with Crippen molar-refractivity contribution in [3.63, 3.8) is 0 Å². The van der Waals surface area contributed by atoms with Gasteiger partial charge < -0.3 is 4.74 Å². The molecule has 0 radical (unpaired) electrons. The molecule has 0 aliphatic rings. The van der Waals surface area contributed by atoms with Crippen LogP contribution in [-0.2, 0) is 16.0 Å². The monoisotopic (exact) mass is 288 g/mol. The number of nitrogens with zero attached hydrogens (tertiary/aromatic N) is 4. The molecule has 0 saturated carbocycles. The van der Waals surface area contributed by atoms with Gasteiger partial charge in [0.25, 0.3) is 0 Å². The molecule has 2 rings (SSSR count). The molecule has 112 valence electrons. The molecule has 6 heteroatoms. The fraction of sp³-hybridized carbons (Fsp3) is 0.467. The Kier molecular flexibility index (Phi) is 4.35. The number of carbonyl (C=O) groups excluding carboxylic acids is 1. The third kappa shape index (κ3) is 3.09. The second-order valence-electron chi connectivity index (χ2n) is 5.21. The number of aromatic nitrogens is 4. The fourth-order valence-corrected chi connectivity index (χ4v) is 2.34. The summed E-state index contributed by atoms with van der Waals surface area (Å²) in [5, 5.41) is 4.53. The highest BCUT2D eigenvalue weighted by Crippen LogP contribution is 2.20. The number of hydrogen-bond donors (Lipinski definition) is 0. The lowest BCUT2D eigenvalue weighted by atomic mass is 10.00. The topological polar surface area (TPSA) is 69.9 Å². The van der Waals surface area contributed by atoms with Gasteiger partial charge in [0, 0.05) is 17.5 Å². The van der Waals surface area contributed by atoms with Crippen molar-refractivity contribution in [1.29, 1.82) is 0 Å². The third-order valence-corrected chi connectivity index (χ3v) is 3.56. The maximum Gasteiger partial charge on any atom is 0.308 e. The Morgan fingerprint density at radius 2 is 2.05 bits per heavy atom. The normalized spacial score (nSPS) is 12.2. The maximum absolute atomic E-state index is 11.6. The van der Waals surface area contributed by atoms with E-state index in [1.54, 1.807) is 4.68 Å². The highest BCUT2D eigenvalue weighted by Gasteiger charge is 2.20. The van der Waals surface area contributed by atoms with Gasteiger partial charge in [-0.2, -0.15) is 5.10 Å². The minimum Gasteiger partial charge on any atom is -0.469 e. The minimum atomic E-state index is -0.209. The van der Waals surface area contributed by atoms with Crippen molar-refractivity contribution in [2.75, 3.05) is 7.11 Å². The molecular weight excluding hydrogens is 268 g/mol. The average molecular weight is 288 g/mol. The molecule has 2 heterocycles. The molecule has 0 N–H and O–H groups in total. The predicted molar refractivity (Wildman–Crippen MR) is 78.2 cm³/mol. The average Bonchev–Trinajstić information content (AvgIpc) is 2.74. The van der Waals surface area contributed by atoms with Crippen LogP contribution in [0.5, 0.6) is 0 Å². The number of carbonyl (C=O) groups is 1. The summed E-state index contributed by atoms with van der Waals surface area (Å²) in [5.74, 6) is 0.330. The first-order chi connectivity index (χ1) is 9.93. The van der Waals surface area contributed by atoms with Gasteiger partial charge in [0.1, 0.15) is 6.33 Å². The molecule has 0 saturated heterocycles. The van der Waals surface area contributed by atoms with Crippen molar-refractivity contribution >= 4 is 5.97 Å². The van der Waals surface area contributed by atoms with E-state index in [2.05, 4.69) is 15.1 Å². The summed E-state index contributed by atoms with van der Waals surface area (Å²) in [6.07, 6.45) is 2.13. The Morgan fingerprint density at radius 1 is 1.33 bits per heavy atom. The van der Waals surface area contributed by atoms with Gasteiger partial charge in [-0.15, -0.1) is 0 Å². The Balaban J connectivity index is 2.36. The van der Waals surface area contributed by atoms with Crippen LogP contribution in [-0.4, -0.2) is 32.8 Å². The van der Waals surface area contributed by atoms with Crippen LogP contribution in [0.1, 0.15) is 29.6 Å². The summed E-state index contributed by atoms with van der Waals surface area (Å²) in [5.41, 5.74) is 3.84. The third-order valence-electron chi connectivity index (χ3n) is 3.56. The van der Waals surface area contributed by atoms with E-state index in [0.717, 1.165) is 28.5 Å². The van der Waals surface area contributed by atoms with Gasteiger partial charge >= 0.3 is 5.97 Å². The Bertz CT molecular complexity index is 664. The quantitative estimate of drug-likeness (QED) is 0.804. The first kappa shape index (κ1) is 15.2. The van der Waals surface area contributed by atoms with Gasteiger partial charge in [-0.3, -0.25) is 4.79 Å². The SMILES string of the molecule is COC(=O)C(C)Cc1c(C)nn(-c2cc(C)ncn2)c1C. The molecule has 21 heavy (non-hydrogen) atoms. The van der Waals surface area contributed by atoms with Crippen molar-refractivity contribution in [2.24, 2.45) is 5.92 Å². The van der Waals surface area contributed by atoms with Crippen molar-refractivity contribution in [3.8, 4) is 5.82 Å². The zero-order chi connectivity index (χ0) is 15.6. The summed E-state index contributed by atoms with van der Waals surface area (Å²) in [6.45, 7) is 7.70. The molecule has 1 atom stereocenters. The van der Waals surface area contributed by atoms with Crippen LogP contribution < -0.4 is 0 Å². The molecule has 0 aromatic carbocycles. The van der Waals surface area contributed by atoms with Gasteiger partial charge in [-0.25, -0.2) is 14.6 Å². The van der Waals surface area contributed by atoms with E-state index in [0.29, 0.717) is 6.42 Å². The second-order valence-corrected chi connectivity index (χ2v) is 5.21. The van der Waals surface area contributed by atoms with Crippen LogP contribution >= 0.6 is 0 Å². The van der Waals surface area contributed by atoms with Crippen LogP contribution in [0.25, 0.3) is 5.82 Å². The van der Waals surface area contributed by atoms with Gasteiger partial charge in [-0.1, -0.05) is 6.92 Å². The minimum absolute atomic E-state index is 0.197. The molecule has 0 aliphatic heterocycles. The Labute approximate surface area is 124 Å². The lowest BCUT2D eigenvalue weighted by molar-refractivity contribution is -0.144. The molecule has 0 spiro atoms. The van der Waals surface area contributed by atoms with Crippen molar-refractivity contribution in [1.82, 2.24) is 19.7 Å². The maximum atomic E-state index is 11.6. The largest absolute Gasteiger partial charge is 0.469 e. The molecule has 2 aromatic heterocycles. The zero-order valence-corrected chi connectivity index (χ0v) is 13.0. The summed E-state index contributed by atoms with van der Waals surface area (Å²) >= 11 is 0. The van der Waals surface area contributed by atoms with Crippen LogP contribution in [0.3, 0.4) is 0 Å². The van der Waals surface area contributed by atoms with Crippen molar-refractivity contribution in [3.05, 3.63) is 35.0 Å². The van der Waals surface area contributed by atoms with E-state index in [1.165, 1.54) is 13.4 Å². The number of rotatable bonds is 4. The van der Waals surface area contributed by atoms with E-state index >= 15 is 0 Å². The molecule has 2 aromatic rings. The summed E-state index contributed by atoms with van der Waals surface area (Å²) in [6, 6.07) is 1.88. The van der Waals surface area contributed by atoms with Gasteiger partial charge in [0.2, 0.25) is 0 Å². The second kappa shape index (κ2) is 6.03. The highest BCUT2D eigenvalue weighted by molar-refractivity contribution is 5.72. The van der Waals surface area contributed by atoms with E-state index in [1.807, 2.05) is 33.8 Å². The first-order valence-corrected chi connectivity index (χ1v) is 6.86. The molecular formula is C15H20N4O2. The van der Waals surface area contributed by atoms with Crippen LogP contribution in [0.15, 0.2) is 12.4 Å². The highest BCUT2D eigenvalue weighted by atomic mass is 16.5. The van der Waals surface area contributed by atoms with Gasteiger partial charge in [0.15, 0.2) is 5.82 Å². The molecule has 6 nitrogen and oxygen atoms in total. The molecule has 0 fully saturated rings. The summed E-state index contributed by atoms with van der Waals surface area (Å²) in [4.78, 5) is 19.9. The first-order valence-electron chi connectivity index (χ1n) is 6.86. The number of esters is 1. The smallest absolute Gasteiger partial charge is 0.308 e. The van der Waals surface area contributed by atoms with E-state index in [4.69, 9.17) is 4.74 Å². The van der Waals surface area contributed by atoms with Crippen molar-refractivity contribution in [2.45, 2.75) is 34.1 Å². The molecule has 0 bridgehead atoms. The lowest BCUT2D eigenvalue weighted by Gasteiger charge is -2.09. The number of methoxy groups -OCH3 is 1. The standard InChI is InChI=1S/C15H20N4O2/c1-9(15(20)21-5)6-13-11(3)18-19(12(13)4)14-7-10(2)16-8-17-14/h7-9H,6H2,1-5H3. The molecule has 1 unspecified atom stereocenters. The van der Waals surface area contributed by atoms with E-state index in [-0.39, 0.29) is 11.9 Å². The van der Waals surface area contributed by atoms with E-state index < -0.39 is 0 Å². The predicted octanol–water partition coefficient (Wildman–Crippen LogP) is 1.94. The number of hydrogen-bond acceptors (Lipinski definition) is 5. The van der Waals surface area contributed by atoms with Crippen LogP contribution in [0, 0.1) is 26.7 Å². The van der Waals surface area contributed by atoms with Gasteiger partial charge in [0.05, 0.1) is 18.7 Å². The fourth-order valence-electron chi connectivity index (χ4n) is 2.34. The number of ether oxygens (including phenoxy) is 1. The van der Waals surface area contributed by atoms with Crippen LogP contribution in [0.4, 0.5) is 0 Å². The van der Waals surface area contributed by atoms with E-state index in [9.17, 15) is 4.79 Å². The van der Waals surface area contributed by atoms with Crippen LogP contribution in [0.2, 0.25) is 0 Å². The van der Waals surface area contributed by atoms with Crippen molar-refractivity contribution < 1.29 is 9.53 Å². The molecule has 0 amide bonds. The summed E-state index contributed by atoms with van der Waals surface area (Å²) < 4.78 is 6.58. The number of aryl methyl sites for hydroxylation is 2. The lowest BCUT2D eigenvalue weighted by Crippen LogP contribution is -2.16. The Hall–Kier alpha value is -2.24. The zero-order valence-electron chi connectivity index (χ0n) is 13.0. The Morgan fingerprint density at radius 3 is 2.67 bits per heavy atom. The summed E-state index contributed by atoms with van der Waals surface area (Å²) in [7, 11) is 1.41. The molecule has 0 aliphatic carbocycles.